The fraction of sp³-hybridized carbons (Fsp3) is 0.278. The molecule has 6 nitrogen and oxygen atoms in total. The largest absolute Gasteiger partial charge is 0.492 e. The minimum atomic E-state index is -4.81. The maximum absolute atomic E-state index is 13.5. The Morgan fingerprint density at radius 3 is 2.52 bits per heavy atom. The van der Waals surface area contributed by atoms with E-state index in [0.717, 1.165) is 18.2 Å². The Morgan fingerprint density at radius 2 is 1.90 bits per heavy atom. The lowest BCUT2D eigenvalue weighted by Gasteiger charge is -2.16. The minimum absolute atomic E-state index is 0.0617. The molecule has 0 saturated carbocycles. The van der Waals surface area contributed by atoms with Gasteiger partial charge in [-0.15, -0.1) is 0 Å². The van der Waals surface area contributed by atoms with Crippen molar-refractivity contribution in [1.82, 2.24) is 4.72 Å². The molecule has 0 fully saturated rings. The van der Waals surface area contributed by atoms with Crippen molar-refractivity contribution in [2.24, 2.45) is 5.73 Å². The molecule has 0 amide bonds. The van der Waals surface area contributed by atoms with Crippen LogP contribution in [-0.2, 0) is 16.2 Å². The van der Waals surface area contributed by atoms with Crippen molar-refractivity contribution in [2.75, 3.05) is 13.2 Å². The van der Waals surface area contributed by atoms with Crippen LogP contribution in [0.25, 0.3) is 0 Å². The van der Waals surface area contributed by atoms with E-state index in [0.29, 0.717) is 6.07 Å². The van der Waals surface area contributed by atoms with E-state index in [-0.39, 0.29) is 30.9 Å². The second-order valence-corrected chi connectivity index (χ2v) is 7.74. The van der Waals surface area contributed by atoms with Gasteiger partial charge in [0.05, 0.1) is 16.0 Å². The molecule has 0 aliphatic rings. The topological polar surface area (TPSA) is 105 Å². The van der Waals surface area contributed by atoms with Gasteiger partial charge in [0.15, 0.2) is 0 Å². The van der Waals surface area contributed by atoms with Crippen molar-refractivity contribution in [3.63, 3.8) is 0 Å². The molecular weight excluding hydrogens is 414 g/mol. The normalized spacial score (nSPS) is 13.0. The van der Waals surface area contributed by atoms with Gasteiger partial charge in [-0.25, -0.2) is 17.5 Å². The molecule has 3 N–H and O–H groups in total. The van der Waals surface area contributed by atoms with Gasteiger partial charge in [0.25, 0.3) is 0 Å². The van der Waals surface area contributed by atoms with E-state index in [9.17, 15) is 26.0 Å². The fourth-order valence-corrected chi connectivity index (χ4v) is 3.63. The maximum atomic E-state index is 13.5. The summed E-state index contributed by atoms with van der Waals surface area (Å²) in [6.45, 7) is -0.313. The fourth-order valence-electron chi connectivity index (χ4n) is 2.35. The predicted molar refractivity (Wildman–Crippen MR) is 95.8 cm³/mol. The van der Waals surface area contributed by atoms with Gasteiger partial charge in [0.1, 0.15) is 24.2 Å². The summed E-state index contributed by atoms with van der Waals surface area (Å²) in [5.74, 6) is -0.619. The molecule has 0 unspecified atom stereocenters. The predicted octanol–water partition coefficient (Wildman–Crippen LogP) is 2.79. The highest BCUT2D eigenvalue weighted by Crippen LogP contribution is 2.33. The van der Waals surface area contributed by atoms with E-state index in [1.807, 2.05) is 0 Å². The summed E-state index contributed by atoms with van der Waals surface area (Å²) in [6.07, 6.45) is -4.75. The lowest BCUT2D eigenvalue weighted by Crippen LogP contribution is -2.34. The number of hydrogen-bond donors (Lipinski definition) is 2. The van der Waals surface area contributed by atoms with Gasteiger partial charge in [0, 0.05) is 18.7 Å². The Hall–Kier alpha value is -2.68. The van der Waals surface area contributed by atoms with Crippen LogP contribution in [0.15, 0.2) is 47.4 Å². The number of rotatable bonds is 8. The van der Waals surface area contributed by atoms with Gasteiger partial charge in [-0.05, 0) is 30.7 Å². The Labute approximate surface area is 164 Å². The highest BCUT2D eigenvalue weighted by molar-refractivity contribution is 7.89. The van der Waals surface area contributed by atoms with Gasteiger partial charge in [-0.1, -0.05) is 12.1 Å². The molecule has 0 saturated heterocycles. The Balaban J connectivity index is 1.91. The molecular formula is C18H17F4N3O3S. The highest BCUT2D eigenvalue weighted by Gasteiger charge is 2.36. The van der Waals surface area contributed by atoms with Crippen LogP contribution in [0.1, 0.15) is 17.5 Å². The lowest BCUT2D eigenvalue weighted by molar-refractivity contribution is -0.139. The van der Waals surface area contributed by atoms with Gasteiger partial charge in [0.2, 0.25) is 10.0 Å². The molecule has 0 heterocycles. The van der Waals surface area contributed by atoms with E-state index in [1.54, 1.807) is 6.07 Å². The first-order valence-corrected chi connectivity index (χ1v) is 9.77. The van der Waals surface area contributed by atoms with Gasteiger partial charge in [-0.3, -0.25) is 0 Å². The number of nitrogens with zero attached hydrogens (tertiary/aromatic N) is 1. The Kier molecular flexibility index (Phi) is 7.18. The van der Waals surface area contributed by atoms with Crippen molar-refractivity contribution in [3.05, 3.63) is 59.4 Å². The van der Waals surface area contributed by atoms with Crippen LogP contribution in [0.4, 0.5) is 17.6 Å². The number of sulfonamides is 1. The summed E-state index contributed by atoms with van der Waals surface area (Å²) in [5, 5.41) is 8.67. The monoisotopic (exact) mass is 431 g/mol. The molecule has 156 valence electrons. The number of ether oxygens (including phenoxy) is 1. The van der Waals surface area contributed by atoms with Gasteiger partial charge in [-0.2, -0.15) is 18.4 Å². The number of hydrogen-bond acceptors (Lipinski definition) is 5. The lowest BCUT2D eigenvalue weighted by atomic mass is 10.2. The third-order valence-electron chi connectivity index (χ3n) is 3.81. The SMILES string of the molecule is N#Cc1ccc(OC[C@@H](N)CCNS(=O)(=O)c2ccccc2C(F)(F)F)cc1F. The van der Waals surface area contributed by atoms with E-state index in [4.69, 9.17) is 15.7 Å². The number of benzene rings is 2. The first-order valence-electron chi connectivity index (χ1n) is 8.28. The zero-order valence-corrected chi connectivity index (χ0v) is 15.7. The molecule has 0 aliphatic heterocycles. The molecule has 1 atom stereocenters. The maximum Gasteiger partial charge on any atom is 0.417 e. The average molecular weight is 431 g/mol. The van der Waals surface area contributed by atoms with E-state index >= 15 is 0 Å². The number of nitrogens with two attached hydrogens (primary N) is 1. The summed E-state index contributed by atoms with van der Waals surface area (Å²) in [4.78, 5) is -0.870. The van der Waals surface area contributed by atoms with Crippen molar-refractivity contribution in [2.45, 2.75) is 23.5 Å². The molecule has 0 aliphatic carbocycles. The second-order valence-electron chi connectivity index (χ2n) is 6.00. The van der Waals surface area contributed by atoms with E-state index in [1.165, 1.54) is 18.2 Å². The van der Waals surface area contributed by atoms with Crippen LogP contribution in [-0.4, -0.2) is 27.6 Å². The number of halogens is 4. The van der Waals surface area contributed by atoms with Crippen LogP contribution in [0, 0.1) is 17.1 Å². The van der Waals surface area contributed by atoms with Crippen molar-refractivity contribution >= 4 is 10.0 Å². The van der Waals surface area contributed by atoms with Crippen LogP contribution in [0.5, 0.6) is 5.75 Å². The molecule has 0 radical (unpaired) electrons. The quantitative estimate of drug-likeness (QED) is 0.626. The van der Waals surface area contributed by atoms with Crippen LogP contribution in [0.2, 0.25) is 0 Å². The summed E-state index contributed by atoms with van der Waals surface area (Å²) in [5.41, 5.74) is 4.39. The number of nitriles is 1. The first kappa shape index (κ1) is 22.6. The molecule has 0 aromatic heterocycles. The zero-order valence-electron chi connectivity index (χ0n) is 14.9. The average Bonchev–Trinajstić information content (AvgIpc) is 2.65. The van der Waals surface area contributed by atoms with Gasteiger partial charge >= 0.3 is 6.18 Å². The third-order valence-corrected chi connectivity index (χ3v) is 5.33. The Morgan fingerprint density at radius 1 is 1.21 bits per heavy atom. The molecule has 2 rings (SSSR count). The standard InChI is InChI=1S/C18H17F4N3O3S/c19-16-9-14(6-5-12(16)10-23)28-11-13(24)7-8-25-29(26,27)17-4-2-1-3-15(17)18(20,21)22/h1-6,9,13,25H,7-8,11,24H2/t13-/m0/s1. The Bertz CT molecular complexity index is 1000. The summed E-state index contributed by atoms with van der Waals surface area (Å²) in [6, 6.07) is 8.47. The van der Waals surface area contributed by atoms with Crippen molar-refractivity contribution in [1.29, 1.82) is 5.26 Å². The van der Waals surface area contributed by atoms with Crippen LogP contribution < -0.4 is 15.2 Å². The second kappa shape index (κ2) is 9.21. The first-order chi connectivity index (χ1) is 13.5. The number of alkyl halides is 3. The zero-order chi connectivity index (χ0) is 21.7. The smallest absolute Gasteiger partial charge is 0.417 e. The molecule has 29 heavy (non-hydrogen) atoms. The summed E-state index contributed by atoms with van der Waals surface area (Å²) < 4.78 is 84.3. The molecule has 2 aromatic carbocycles. The summed E-state index contributed by atoms with van der Waals surface area (Å²) in [7, 11) is -4.40. The van der Waals surface area contributed by atoms with Crippen LogP contribution in [0.3, 0.4) is 0 Å². The van der Waals surface area contributed by atoms with Crippen LogP contribution >= 0.6 is 0 Å². The van der Waals surface area contributed by atoms with Gasteiger partial charge < -0.3 is 10.5 Å². The molecule has 11 heteroatoms. The van der Waals surface area contributed by atoms with E-state index in [2.05, 4.69) is 4.72 Å². The van der Waals surface area contributed by atoms with Crippen molar-refractivity contribution < 1.29 is 30.7 Å². The minimum Gasteiger partial charge on any atom is -0.492 e. The molecule has 0 bridgehead atoms. The van der Waals surface area contributed by atoms with Crippen molar-refractivity contribution in [3.8, 4) is 11.8 Å². The number of nitrogens with one attached hydrogen (secondary N) is 1. The summed E-state index contributed by atoms with van der Waals surface area (Å²) >= 11 is 0. The molecule has 2 aromatic rings. The molecule has 0 spiro atoms. The highest BCUT2D eigenvalue weighted by atomic mass is 32.2. The van der Waals surface area contributed by atoms with E-state index < -0.39 is 38.5 Å². The third kappa shape index (κ3) is 6.15.